The molecular weight excluding hydrogens is 302 g/mol. The molecule has 1 aliphatic rings. The number of fused-ring (bicyclic) bond motifs is 1. The van der Waals surface area contributed by atoms with Crippen molar-refractivity contribution >= 4 is 23.4 Å². The number of hydrogen-bond donors (Lipinski definition) is 3. The fourth-order valence-electron chi connectivity index (χ4n) is 2.64. The lowest BCUT2D eigenvalue weighted by Gasteiger charge is -2.18. The summed E-state index contributed by atoms with van der Waals surface area (Å²) in [5, 5.41) is 24.6. The fraction of sp³-hybridized carbons (Fsp3) is 0.158. The highest BCUT2D eigenvalue weighted by Gasteiger charge is 2.12. The number of nitrogens with one attached hydrogen (secondary N) is 2. The summed E-state index contributed by atoms with van der Waals surface area (Å²) in [5.41, 5.74) is 3.62. The molecule has 1 heterocycles. The molecule has 1 aliphatic heterocycles. The first-order valence-electron chi connectivity index (χ1n) is 7.75. The van der Waals surface area contributed by atoms with Gasteiger partial charge in [-0.05, 0) is 60.4 Å². The monoisotopic (exact) mass is 319 g/mol. The van der Waals surface area contributed by atoms with Crippen molar-refractivity contribution in [3.63, 3.8) is 0 Å². The molecule has 3 N–H and O–H groups in total. The maximum atomic E-state index is 12.3. The fourth-order valence-corrected chi connectivity index (χ4v) is 2.64. The number of carbonyl (C=O) groups excluding carboxylic acids is 1. The van der Waals surface area contributed by atoms with Crippen molar-refractivity contribution < 1.29 is 9.90 Å². The third-order valence-electron chi connectivity index (χ3n) is 3.87. The van der Waals surface area contributed by atoms with Crippen LogP contribution < -0.4 is 10.6 Å². The van der Waals surface area contributed by atoms with Gasteiger partial charge in [-0.15, -0.1) is 0 Å². The molecule has 5 nitrogen and oxygen atoms in total. The molecule has 0 saturated carbocycles. The van der Waals surface area contributed by atoms with E-state index in [1.54, 1.807) is 12.1 Å². The minimum Gasteiger partial charge on any atom is -0.508 e. The Morgan fingerprint density at radius 1 is 1.25 bits per heavy atom. The van der Waals surface area contributed by atoms with Gasteiger partial charge >= 0.3 is 0 Å². The molecule has 3 rings (SSSR count). The predicted octanol–water partition coefficient (Wildman–Crippen LogP) is 3.30. The number of carbonyl (C=O) groups is 1. The van der Waals surface area contributed by atoms with Crippen LogP contribution in [-0.2, 0) is 11.2 Å². The number of benzene rings is 2. The minimum atomic E-state index is -0.450. The van der Waals surface area contributed by atoms with Crippen molar-refractivity contribution in [1.29, 1.82) is 5.26 Å². The molecule has 0 radical (unpaired) electrons. The molecule has 0 unspecified atom stereocenters. The van der Waals surface area contributed by atoms with Crippen molar-refractivity contribution in [3.8, 4) is 11.8 Å². The van der Waals surface area contributed by atoms with Crippen LogP contribution in [-0.4, -0.2) is 17.6 Å². The summed E-state index contributed by atoms with van der Waals surface area (Å²) in [7, 11) is 0. The molecule has 0 bridgehead atoms. The summed E-state index contributed by atoms with van der Waals surface area (Å²) in [6, 6.07) is 13.9. The number of nitriles is 1. The summed E-state index contributed by atoms with van der Waals surface area (Å²) in [5.74, 6) is -0.313. The first-order chi connectivity index (χ1) is 11.7. The third kappa shape index (κ3) is 3.55. The maximum absolute atomic E-state index is 12.3. The molecule has 2 aromatic carbocycles. The van der Waals surface area contributed by atoms with Crippen molar-refractivity contribution in [2.45, 2.75) is 12.8 Å². The Kier molecular flexibility index (Phi) is 4.48. The lowest BCUT2D eigenvalue weighted by molar-refractivity contribution is -0.112. The largest absolute Gasteiger partial charge is 0.508 e. The highest BCUT2D eigenvalue weighted by Crippen LogP contribution is 2.25. The Morgan fingerprint density at radius 3 is 2.79 bits per heavy atom. The number of amides is 1. The highest BCUT2D eigenvalue weighted by molar-refractivity contribution is 6.09. The molecule has 0 aliphatic carbocycles. The van der Waals surface area contributed by atoms with E-state index in [2.05, 4.69) is 10.6 Å². The van der Waals surface area contributed by atoms with Gasteiger partial charge in [-0.1, -0.05) is 12.1 Å². The maximum Gasteiger partial charge on any atom is 0.266 e. The summed E-state index contributed by atoms with van der Waals surface area (Å²) in [4.78, 5) is 12.3. The van der Waals surface area contributed by atoms with Crippen LogP contribution in [0.15, 0.2) is 48.0 Å². The van der Waals surface area contributed by atoms with Gasteiger partial charge in [0.1, 0.15) is 17.4 Å². The van der Waals surface area contributed by atoms with Gasteiger partial charge in [0.05, 0.1) is 0 Å². The van der Waals surface area contributed by atoms with Crippen molar-refractivity contribution in [2.75, 3.05) is 17.2 Å². The second-order valence-corrected chi connectivity index (χ2v) is 5.62. The van der Waals surface area contributed by atoms with E-state index in [-0.39, 0.29) is 11.3 Å². The Balaban J connectivity index is 1.77. The van der Waals surface area contributed by atoms with Gasteiger partial charge in [0.15, 0.2) is 0 Å². The quantitative estimate of drug-likeness (QED) is 0.598. The number of hydrogen-bond acceptors (Lipinski definition) is 4. The first kappa shape index (κ1) is 15.6. The molecule has 2 aromatic rings. The molecular formula is C19H17N3O2. The number of nitrogens with zero attached hydrogens (tertiary/aromatic N) is 1. The minimum absolute atomic E-state index is 0.0107. The predicted molar refractivity (Wildman–Crippen MR) is 93.6 cm³/mol. The van der Waals surface area contributed by atoms with E-state index in [1.807, 2.05) is 24.3 Å². The van der Waals surface area contributed by atoms with Gasteiger partial charge in [-0.2, -0.15) is 5.26 Å². The lowest BCUT2D eigenvalue weighted by Crippen LogP contribution is -2.15. The molecule has 5 heteroatoms. The Hall–Kier alpha value is -3.26. The number of phenols is 1. The summed E-state index contributed by atoms with van der Waals surface area (Å²) >= 11 is 0. The average Bonchev–Trinajstić information content (AvgIpc) is 2.61. The Bertz CT molecular complexity index is 833. The van der Waals surface area contributed by atoms with E-state index in [4.69, 9.17) is 0 Å². The zero-order chi connectivity index (χ0) is 16.9. The van der Waals surface area contributed by atoms with Crippen molar-refractivity contribution in [2.24, 2.45) is 0 Å². The van der Waals surface area contributed by atoms with E-state index in [0.29, 0.717) is 11.3 Å². The second-order valence-electron chi connectivity index (χ2n) is 5.62. The van der Waals surface area contributed by atoms with Crippen LogP contribution in [0.25, 0.3) is 6.08 Å². The molecule has 24 heavy (non-hydrogen) atoms. The van der Waals surface area contributed by atoms with Crippen molar-refractivity contribution in [1.82, 2.24) is 0 Å². The van der Waals surface area contributed by atoms with Gasteiger partial charge in [0.25, 0.3) is 5.91 Å². The van der Waals surface area contributed by atoms with E-state index >= 15 is 0 Å². The first-order valence-corrected chi connectivity index (χ1v) is 7.75. The van der Waals surface area contributed by atoms with Crippen LogP contribution in [0.3, 0.4) is 0 Å². The highest BCUT2D eigenvalue weighted by atomic mass is 16.3. The Morgan fingerprint density at radius 2 is 2.04 bits per heavy atom. The topological polar surface area (TPSA) is 85.1 Å². The number of rotatable bonds is 3. The average molecular weight is 319 g/mol. The zero-order valence-electron chi connectivity index (χ0n) is 13.0. The van der Waals surface area contributed by atoms with Gasteiger partial charge in [0, 0.05) is 17.9 Å². The Labute approximate surface area is 140 Å². The molecule has 0 aromatic heterocycles. The van der Waals surface area contributed by atoms with Crippen LogP contribution in [0.5, 0.6) is 5.75 Å². The standard InChI is InChI=1S/C19H17N3O2/c20-12-15(10-13-3-6-17(23)7-4-13)19(24)22-16-5-8-18-14(11-16)2-1-9-21-18/h3-8,10-11,21,23H,1-2,9H2,(H,22,24)/b15-10+. The summed E-state index contributed by atoms with van der Waals surface area (Å²) < 4.78 is 0. The molecule has 120 valence electrons. The number of aryl methyl sites for hydroxylation is 1. The van der Waals surface area contributed by atoms with E-state index in [9.17, 15) is 15.2 Å². The second kappa shape index (κ2) is 6.88. The number of anilines is 2. The van der Waals surface area contributed by atoms with Crippen LogP contribution in [0.2, 0.25) is 0 Å². The summed E-state index contributed by atoms with van der Waals surface area (Å²) in [6.07, 6.45) is 3.53. The number of phenolic OH excluding ortho intramolecular Hbond substituents is 1. The SMILES string of the molecule is N#C/C(=C\c1ccc(O)cc1)C(=O)Nc1ccc2c(c1)CCCN2. The van der Waals surface area contributed by atoms with Crippen molar-refractivity contribution in [3.05, 3.63) is 59.2 Å². The van der Waals surface area contributed by atoms with Crippen LogP contribution >= 0.6 is 0 Å². The lowest BCUT2D eigenvalue weighted by atomic mass is 10.0. The normalized spacial score (nSPS) is 13.4. The van der Waals surface area contributed by atoms with Crippen LogP contribution in [0, 0.1) is 11.3 Å². The van der Waals surface area contributed by atoms with Crippen LogP contribution in [0.1, 0.15) is 17.5 Å². The van der Waals surface area contributed by atoms with E-state index in [0.717, 1.165) is 25.1 Å². The van der Waals surface area contributed by atoms with Gasteiger partial charge in [-0.25, -0.2) is 0 Å². The van der Waals surface area contributed by atoms with Gasteiger partial charge in [0.2, 0.25) is 0 Å². The van der Waals surface area contributed by atoms with E-state index < -0.39 is 5.91 Å². The van der Waals surface area contributed by atoms with Gasteiger partial charge in [-0.3, -0.25) is 4.79 Å². The summed E-state index contributed by atoms with van der Waals surface area (Å²) in [6.45, 7) is 0.965. The molecule has 0 spiro atoms. The van der Waals surface area contributed by atoms with Crippen LogP contribution in [0.4, 0.5) is 11.4 Å². The molecule has 0 saturated heterocycles. The third-order valence-corrected chi connectivity index (χ3v) is 3.87. The zero-order valence-corrected chi connectivity index (χ0v) is 13.0. The smallest absolute Gasteiger partial charge is 0.266 e. The van der Waals surface area contributed by atoms with E-state index in [1.165, 1.54) is 23.8 Å². The van der Waals surface area contributed by atoms with Gasteiger partial charge < -0.3 is 15.7 Å². The molecule has 0 fully saturated rings. The molecule has 0 atom stereocenters. The number of aromatic hydroxyl groups is 1. The molecule has 1 amide bonds.